The summed E-state index contributed by atoms with van der Waals surface area (Å²) in [4.78, 5) is 22.4. The number of ether oxygens (including phenoxy) is 2. The monoisotopic (exact) mass is 417 g/mol. The first-order chi connectivity index (χ1) is 14.7. The number of phenolic OH excluding ortho intramolecular Hbond substituents is 2. The van der Waals surface area contributed by atoms with E-state index >= 15 is 0 Å². The molecule has 31 heavy (non-hydrogen) atoms. The van der Waals surface area contributed by atoms with E-state index in [1.54, 1.807) is 31.2 Å². The zero-order valence-electron chi connectivity index (χ0n) is 16.6. The predicted molar refractivity (Wildman–Crippen MR) is 112 cm³/mol. The molecule has 5 rings (SSSR count). The van der Waals surface area contributed by atoms with Crippen LogP contribution >= 0.6 is 0 Å². The Kier molecular flexibility index (Phi) is 4.66. The summed E-state index contributed by atoms with van der Waals surface area (Å²) in [6.45, 7) is 4.85. The topological polar surface area (TPSA) is 119 Å². The number of benzene rings is 3. The highest BCUT2D eigenvalue weighted by molar-refractivity contribution is 5.97. The second-order valence-electron chi connectivity index (χ2n) is 7.22. The van der Waals surface area contributed by atoms with Gasteiger partial charge in [-0.2, -0.15) is 0 Å². The SMILES string of the molecule is C=C(C)C(N)=O.O=C1OC2(c3ccc(O)cc3Oc3cc(O)ccc32)c2ccccc21. The fourth-order valence-electron chi connectivity index (χ4n) is 3.65. The first-order valence-electron chi connectivity index (χ1n) is 9.37. The zero-order valence-corrected chi connectivity index (χ0v) is 16.6. The summed E-state index contributed by atoms with van der Waals surface area (Å²) in [5, 5.41) is 19.7. The normalized spacial score (nSPS) is 14.2. The van der Waals surface area contributed by atoms with Gasteiger partial charge >= 0.3 is 5.97 Å². The molecule has 0 aliphatic carbocycles. The smallest absolute Gasteiger partial charge is 0.340 e. The van der Waals surface area contributed by atoms with Gasteiger partial charge in [0.2, 0.25) is 5.91 Å². The van der Waals surface area contributed by atoms with Crippen molar-refractivity contribution in [3.8, 4) is 23.0 Å². The van der Waals surface area contributed by atoms with Crippen molar-refractivity contribution in [2.75, 3.05) is 0 Å². The molecule has 0 saturated carbocycles. The average molecular weight is 417 g/mol. The lowest BCUT2D eigenvalue weighted by molar-refractivity contribution is -0.114. The van der Waals surface area contributed by atoms with Gasteiger partial charge in [-0.3, -0.25) is 4.79 Å². The first-order valence-corrected chi connectivity index (χ1v) is 9.37. The maximum atomic E-state index is 12.5. The Morgan fingerprint density at radius 1 is 0.935 bits per heavy atom. The molecule has 156 valence electrons. The van der Waals surface area contributed by atoms with Gasteiger partial charge in [-0.1, -0.05) is 24.8 Å². The Balaban J connectivity index is 0.000000342. The van der Waals surface area contributed by atoms with Crippen LogP contribution in [0.2, 0.25) is 0 Å². The average Bonchev–Trinajstić information content (AvgIpc) is 3.01. The lowest BCUT2D eigenvalue weighted by Gasteiger charge is -2.36. The van der Waals surface area contributed by atoms with Crippen LogP contribution in [0.5, 0.6) is 23.0 Å². The Labute approximate surface area is 178 Å². The number of carbonyl (C=O) groups is 2. The van der Waals surface area contributed by atoms with Crippen LogP contribution in [0.4, 0.5) is 0 Å². The number of aromatic hydroxyl groups is 2. The number of fused-ring (bicyclic) bond motifs is 6. The molecule has 7 heteroatoms. The maximum Gasteiger partial charge on any atom is 0.340 e. The molecule has 3 aromatic carbocycles. The molecule has 0 aromatic heterocycles. The highest BCUT2D eigenvalue weighted by atomic mass is 16.6. The van der Waals surface area contributed by atoms with Gasteiger partial charge in [0.05, 0.1) is 5.56 Å². The molecule has 0 radical (unpaired) electrons. The molecule has 4 N–H and O–H groups in total. The first kappa shape index (κ1) is 20.0. The molecule has 0 unspecified atom stereocenters. The van der Waals surface area contributed by atoms with Crippen molar-refractivity contribution in [2.45, 2.75) is 12.5 Å². The number of carbonyl (C=O) groups excluding carboxylic acids is 2. The van der Waals surface area contributed by atoms with Crippen LogP contribution < -0.4 is 10.5 Å². The third-order valence-electron chi connectivity index (χ3n) is 5.10. The molecule has 2 heterocycles. The van der Waals surface area contributed by atoms with Crippen LogP contribution in [-0.4, -0.2) is 22.1 Å². The minimum Gasteiger partial charge on any atom is -0.508 e. The van der Waals surface area contributed by atoms with Crippen LogP contribution in [0.1, 0.15) is 34.0 Å². The highest BCUT2D eigenvalue weighted by Crippen LogP contribution is 2.56. The van der Waals surface area contributed by atoms with Crippen molar-refractivity contribution in [2.24, 2.45) is 5.73 Å². The van der Waals surface area contributed by atoms with E-state index in [-0.39, 0.29) is 11.5 Å². The molecule has 2 aliphatic heterocycles. The number of hydrogen-bond acceptors (Lipinski definition) is 6. The van der Waals surface area contributed by atoms with E-state index in [1.165, 1.54) is 24.3 Å². The molecule has 1 spiro atoms. The Hall–Kier alpha value is -4.26. The largest absolute Gasteiger partial charge is 0.508 e. The van der Waals surface area contributed by atoms with E-state index in [2.05, 4.69) is 6.58 Å². The Bertz CT molecular complexity index is 1180. The molecule has 2 aliphatic rings. The van der Waals surface area contributed by atoms with Crippen molar-refractivity contribution in [1.82, 2.24) is 0 Å². The van der Waals surface area contributed by atoms with Crippen molar-refractivity contribution < 1.29 is 29.3 Å². The summed E-state index contributed by atoms with van der Waals surface area (Å²) >= 11 is 0. The fraction of sp³-hybridized carbons (Fsp3) is 0.0833. The van der Waals surface area contributed by atoms with Gasteiger partial charge < -0.3 is 25.4 Å². The molecule has 1 amide bonds. The molecular formula is C24H19NO6. The highest BCUT2D eigenvalue weighted by Gasteiger charge is 2.53. The Morgan fingerprint density at radius 2 is 1.45 bits per heavy atom. The van der Waals surface area contributed by atoms with Crippen LogP contribution in [0, 0.1) is 0 Å². The zero-order chi connectivity index (χ0) is 22.3. The summed E-state index contributed by atoms with van der Waals surface area (Å²) in [5.41, 5.74) is 6.38. The lowest BCUT2D eigenvalue weighted by Crippen LogP contribution is -2.32. The minimum atomic E-state index is -1.17. The number of esters is 1. The molecule has 0 bridgehead atoms. The van der Waals surface area contributed by atoms with E-state index in [1.807, 2.05) is 12.1 Å². The van der Waals surface area contributed by atoms with Crippen molar-refractivity contribution in [3.63, 3.8) is 0 Å². The second kappa shape index (κ2) is 7.21. The third kappa shape index (κ3) is 3.16. The summed E-state index contributed by atoms with van der Waals surface area (Å²) in [6.07, 6.45) is 0. The fourth-order valence-corrected chi connectivity index (χ4v) is 3.65. The van der Waals surface area contributed by atoms with E-state index in [0.29, 0.717) is 39.3 Å². The summed E-state index contributed by atoms with van der Waals surface area (Å²) in [7, 11) is 0. The van der Waals surface area contributed by atoms with Crippen LogP contribution in [0.15, 0.2) is 72.8 Å². The van der Waals surface area contributed by atoms with Crippen LogP contribution in [0.25, 0.3) is 0 Å². The lowest BCUT2D eigenvalue weighted by atomic mass is 9.77. The standard InChI is InChI=1S/C20H12O5.C4H7NO/c21-11-5-7-15-17(9-11)24-18-10-12(22)6-8-16(18)20(15)14-4-2-1-3-13(14)19(23)25-20;1-3(2)4(5)6/h1-10,21-22H;1H2,2H3,(H2,5,6). The number of hydrogen-bond donors (Lipinski definition) is 3. The molecule has 7 nitrogen and oxygen atoms in total. The predicted octanol–water partition coefficient (Wildman–Crippen LogP) is 3.71. The molecule has 0 atom stereocenters. The number of phenols is 2. The van der Waals surface area contributed by atoms with Crippen molar-refractivity contribution >= 4 is 11.9 Å². The van der Waals surface area contributed by atoms with E-state index in [4.69, 9.17) is 15.2 Å². The van der Waals surface area contributed by atoms with Crippen LogP contribution in [-0.2, 0) is 15.1 Å². The van der Waals surface area contributed by atoms with Gasteiger partial charge in [-0.05, 0) is 37.3 Å². The maximum absolute atomic E-state index is 12.5. The summed E-state index contributed by atoms with van der Waals surface area (Å²) in [5.74, 6) is -0.0269. The van der Waals surface area contributed by atoms with Gasteiger partial charge in [-0.25, -0.2) is 4.79 Å². The van der Waals surface area contributed by atoms with Gasteiger partial charge in [0.25, 0.3) is 0 Å². The minimum absolute atomic E-state index is 0.0371. The van der Waals surface area contributed by atoms with Crippen molar-refractivity contribution in [3.05, 3.63) is 95.1 Å². The quantitative estimate of drug-likeness (QED) is 0.410. The second-order valence-corrected chi connectivity index (χ2v) is 7.22. The molecular weight excluding hydrogens is 398 g/mol. The van der Waals surface area contributed by atoms with Gasteiger partial charge in [-0.15, -0.1) is 0 Å². The number of amides is 1. The van der Waals surface area contributed by atoms with E-state index in [0.717, 1.165) is 0 Å². The molecule has 3 aromatic rings. The Morgan fingerprint density at radius 3 is 1.97 bits per heavy atom. The van der Waals surface area contributed by atoms with E-state index < -0.39 is 17.5 Å². The van der Waals surface area contributed by atoms with Gasteiger partial charge in [0, 0.05) is 34.4 Å². The molecule has 0 fully saturated rings. The van der Waals surface area contributed by atoms with Gasteiger partial charge in [0.15, 0.2) is 5.60 Å². The number of nitrogens with two attached hydrogens (primary N) is 1. The van der Waals surface area contributed by atoms with Crippen molar-refractivity contribution in [1.29, 1.82) is 0 Å². The number of primary amides is 1. The van der Waals surface area contributed by atoms with E-state index in [9.17, 15) is 19.8 Å². The van der Waals surface area contributed by atoms with Crippen LogP contribution in [0.3, 0.4) is 0 Å². The summed E-state index contributed by atoms with van der Waals surface area (Å²) < 4.78 is 11.8. The number of rotatable bonds is 1. The third-order valence-corrected chi connectivity index (χ3v) is 5.10. The molecule has 0 saturated heterocycles. The summed E-state index contributed by atoms with van der Waals surface area (Å²) in [6, 6.07) is 16.6. The van der Waals surface area contributed by atoms with Gasteiger partial charge in [0.1, 0.15) is 23.0 Å².